The van der Waals surface area contributed by atoms with E-state index < -0.39 is 0 Å². The van der Waals surface area contributed by atoms with Crippen molar-refractivity contribution in [2.75, 3.05) is 6.54 Å². The molecule has 1 atom stereocenters. The van der Waals surface area contributed by atoms with Gasteiger partial charge in [0.2, 0.25) is 0 Å². The molecular formula is C16H21N5O2. The van der Waals surface area contributed by atoms with Crippen molar-refractivity contribution in [1.29, 1.82) is 0 Å². The zero-order chi connectivity index (χ0) is 16.4. The third-order valence-corrected chi connectivity index (χ3v) is 3.94. The Morgan fingerprint density at radius 2 is 2.39 bits per heavy atom. The Labute approximate surface area is 134 Å². The van der Waals surface area contributed by atoms with Crippen LogP contribution >= 0.6 is 0 Å². The third-order valence-electron chi connectivity index (χ3n) is 3.94. The predicted octanol–water partition coefficient (Wildman–Crippen LogP) is 1.95. The maximum absolute atomic E-state index is 12.2. The van der Waals surface area contributed by atoms with Crippen LogP contribution in [0.1, 0.15) is 30.8 Å². The minimum atomic E-state index is -0.195. The van der Waals surface area contributed by atoms with Gasteiger partial charge in [0.05, 0.1) is 18.0 Å². The number of nitrogens with one attached hydrogen (secondary N) is 2. The summed E-state index contributed by atoms with van der Waals surface area (Å²) >= 11 is 0. The molecule has 0 aliphatic carbocycles. The van der Waals surface area contributed by atoms with Crippen molar-refractivity contribution in [2.45, 2.75) is 26.4 Å². The van der Waals surface area contributed by atoms with Crippen molar-refractivity contribution < 1.29 is 9.63 Å². The topological polar surface area (TPSA) is 84.3 Å². The molecular weight excluding hydrogens is 294 g/mol. The molecule has 23 heavy (non-hydrogen) atoms. The second-order valence-corrected chi connectivity index (χ2v) is 6.05. The fourth-order valence-electron chi connectivity index (χ4n) is 2.50. The number of H-pyrrole nitrogens is 1. The lowest BCUT2D eigenvalue weighted by molar-refractivity contribution is 0.0751. The molecule has 2 N–H and O–H groups in total. The Morgan fingerprint density at radius 1 is 1.57 bits per heavy atom. The Morgan fingerprint density at radius 3 is 3.04 bits per heavy atom. The van der Waals surface area contributed by atoms with Crippen molar-refractivity contribution in [2.24, 2.45) is 18.1 Å². The number of aromatic amines is 1. The first-order valence-electron chi connectivity index (χ1n) is 7.72. The van der Waals surface area contributed by atoms with Crippen LogP contribution in [0, 0.1) is 5.92 Å². The minimum absolute atomic E-state index is 0.0911. The number of aromatic nitrogens is 3. The highest BCUT2D eigenvalue weighted by molar-refractivity contribution is 5.93. The molecule has 0 saturated heterocycles. The smallest absolute Gasteiger partial charge is 0.269 e. The first-order valence-corrected chi connectivity index (χ1v) is 7.72. The van der Waals surface area contributed by atoms with Gasteiger partial charge in [-0.05, 0) is 24.1 Å². The van der Waals surface area contributed by atoms with Gasteiger partial charge in [-0.2, -0.15) is 5.10 Å². The molecule has 0 unspecified atom stereocenters. The average molecular weight is 315 g/mol. The van der Waals surface area contributed by atoms with Gasteiger partial charge in [0.25, 0.3) is 5.91 Å². The zero-order valence-electron chi connectivity index (χ0n) is 13.5. The maximum atomic E-state index is 12.2. The van der Waals surface area contributed by atoms with Crippen LogP contribution in [0.15, 0.2) is 29.6 Å². The van der Waals surface area contributed by atoms with Gasteiger partial charge < -0.3 is 14.7 Å². The van der Waals surface area contributed by atoms with Crippen LogP contribution in [0.4, 0.5) is 0 Å². The molecule has 2 aromatic rings. The number of hydrogen-bond acceptors (Lipinski definition) is 4. The fourth-order valence-corrected chi connectivity index (χ4v) is 2.50. The highest BCUT2D eigenvalue weighted by atomic mass is 16.6. The molecule has 0 radical (unpaired) electrons. The van der Waals surface area contributed by atoms with Crippen molar-refractivity contribution >= 4 is 11.6 Å². The first kappa shape index (κ1) is 15.3. The van der Waals surface area contributed by atoms with E-state index in [4.69, 9.17) is 4.84 Å². The third kappa shape index (κ3) is 3.28. The van der Waals surface area contributed by atoms with Crippen LogP contribution in [0.5, 0.6) is 0 Å². The van der Waals surface area contributed by atoms with E-state index in [0.717, 1.165) is 23.5 Å². The summed E-state index contributed by atoms with van der Waals surface area (Å²) < 4.78 is 1.95. The molecule has 1 aliphatic rings. The van der Waals surface area contributed by atoms with Crippen molar-refractivity contribution in [1.82, 2.24) is 20.1 Å². The standard InChI is InChI=1S/C16H21N5O2/c1-10(2)12-7-11(23-20-12)9-17-16(22)14-8-13(18-19-14)15-5-4-6-21(15)3/h4-6,8,10-11H,7,9H2,1-3H3,(H,17,22)(H,18,19)/t11-/m0/s1. The highest BCUT2D eigenvalue weighted by Crippen LogP contribution is 2.18. The summed E-state index contributed by atoms with van der Waals surface area (Å²) in [7, 11) is 1.94. The van der Waals surface area contributed by atoms with Crippen LogP contribution < -0.4 is 5.32 Å². The Balaban J connectivity index is 1.56. The fraction of sp³-hybridized carbons (Fsp3) is 0.438. The Hall–Kier alpha value is -2.57. The highest BCUT2D eigenvalue weighted by Gasteiger charge is 2.23. The average Bonchev–Trinajstić information content (AvgIpc) is 3.24. The summed E-state index contributed by atoms with van der Waals surface area (Å²) in [6, 6.07) is 5.64. The lowest BCUT2D eigenvalue weighted by Crippen LogP contribution is -2.32. The molecule has 3 heterocycles. The number of oxime groups is 1. The first-order chi connectivity index (χ1) is 11.0. The van der Waals surface area contributed by atoms with E-state index in [1.54, 1.807) is 6.07 Å². The van der Waals surface area contributed by atoms with Crippen LogP contribution in [0.2, 0.25) is 0 Å². The molecule has 7 nitrogen and oxygen atoms in total. The summed E-state index contributed by atoms with van der Waals surface area (Å²) in [6.45, 7) is 4.59. The van der Waals surface area contributed by atoms with Crippen molar-refractivity contribution in [3.05, 3.63) is 30.1 Å². The van der Waals surface area contributed by atoms with E-state index in [-0.39, 0.29) is 12.0 Å². The summed E-state index contributed by atoms with van der Waals surface area (Å²) in [5.41, 5.74) is 3.17. The van der Waals surface area contributed by atoms with Gasteiger partial charge >= 0.3 is 0 Å². The molecule has 2 aromatic heterocycles. The second kappa shape index (κ2) is 6.28. The summed E-state index contributed by atoms with van der Waals surface area (Å²) in [6.07, 6.45) is 2.61. The van der Waals surface area contributed by atoms with Crippen LogP contribution in [-0.2, 0) is 11.9 Å². The summed E-state index contributed by atoms with van der Waals surface area (Å²) in [5, 5.41) is 13.9. The van der Waals surface area contributed by atoms with E-state index in [2.05, 4.69) is 34.5 Å². The van der Waals surface area contributed by atoms with Gasteiger partial charge in [0.1, 0.15) is 17.5 Å². The van der Waals surface area contributed by atoms with Gasteiger partial charge in [0, 0.05) is 19.7 Å². The van der Waals surface area contributed by atoms with Gasteiger partial charge in [-0.1, -0.05) is 19.0 Å². The molecule has 0 aromatic carbocycles. The molecule has 0 bridgehead atoms. The number of rotatable bonds is 5. The van der Waals surface area contributed by atoms with E-state index in [1.807, 2.05) is 29.9 Å². The monoisotopic (exact) mass is 315 g/mol. The molecule has 7 heteroatoms. The number of carbonyl (C=O) groups is 1. The lowest BCUT2D eigenvalue weighted by atomic mass is 10.0. The minimum Gasteiger partial charge on any atom is -0.390 e. The lowest BCUT2D eigenvalue weighted by Gasteiger charge is -2.09. The number of hydrogen-bond donors (Lipinski definition) is 2. The number of carbonyl (C=O) groups excluding carboxylic acids is 1. The molecule has 0 fully saturated rings. The number of amides is 1. The predicted molar refractivity (Wildman–Crippen MR) is 87.1 cm³/mol. The largest absolute Gasteiger partial charge is 0.390 e. The van der Waals surface area contributed by atoms with Crippen LogP contribution in [0.3, 0.4) is 0 Å². The van der Waals surface area contributed by atoms with Gasteiger partial charge in [-0.25, -0.2) is 0 Å². The van der Waals surface area contributed by atoms with Crippen LogP contribution in [-0.4, -0.2) is 39.0 Å². The molecule has 0 spiro atoms. The van der Waals surface area contributed by atoms with Gasteiger partial charge in [-0.3, -0.25) is 9.89 Å². The normalized spacial score (nSPS) is 17.2. The quantitative estimate of drug-likeness (QED) is 0.884. The molecule has 1 aliphatic heterocycles. The second-order valence-electron chi connectivity index (χ2n) is 6.05. The molecule has 122 valence electrons. The summed E-state index contributed by atoms with van der Waals surface area (Å²) in [5.74, 6) is 0.177. The number of nitrogens with zero attached hydrogens (tertiary/aromatic N) is 3. The summed E-state index contributed by atoms with van der Waals surface area (Å²) in [4.78, 5) is 17.5. The zero-order valence-corrected chi connectivity index (χ0v) is 13.5. The SMILES string of the molecule is CC(C)C1=NO[C@H](CNC(=O)c2cc(-c3cccn3C)n[nH]2)C1. The van der Waals surface area contributed by atoms with Crippen LogP contribution in [0.25, 0.3) is 11.4 Å². The molecule has 0 saturated carbocycles. The van der Waals surface area contributed by atoms with Gasteiger partial charge in [0.15, 0.2) is 0 Å². The number of aryl methyl sites for hydroxylation is 1. The maximum Gasteiger partial charge on any atom is 0.269 e. The Bertz CT molecular complexity index is 728. The van der Waals surface area contributed by atoms with Crippen molar-refractivity contribution in [3.8, 4) is 11.4 Å². The van der Waals surface area contributed by atoms with E-state index in [9.17, 15) is 4.79 Å². The van der Waals surface area contributed by atoms with Gasteiger partial charge in [-0.15, -0.1) is 0 Å². The van der Waals surface area contributed by atoms with Crippen molar-refractivity contribution in [3.63, 3.8) is 0 Å². The Kier molecular flexibility index (Phi) is 4.18. The van der Waals surface area contributed by atoms with E-state index in [0.29, 0.717) is 18.2 Å². The molecule has 1 amide bonds. The van der Waals surface area contributed by atoms with E-state index in [1.165, 1.54) is 0 Å². The van der Waals surface area contributed by atoms with E-state index >= 15 is 0 Å². The molecule has 3 rings (SSSR count).